The van der Waals surface area contributed by atoms with Crippen LogP contribution in [0, 0.1) is 11.3 Å². The van der Waals surface area contributed by atoms with Crippen molar-refractivity contribution in [1.82, 2.24) is 4.98 Å². The number of carbonyl (C=O) groups excluding carboxylic acids is 1. The van der Waals surface area contributed by atoms with E-state index in [9.17, 15) is 10.1 Å². The maximum Gasteiger partial charge on any atom is 0.316 e. The van der Waals surface area contributed by atoms with E-state index in [1.165, 1.54) is 11.8 Å². The lowest BCUT2D eigenvalue weighted by Gasteiger charge is -2.12. The van der Waals surface area contributed by atoms with E-state index >= 15 is 0 Å². The van der Waals surface area contributed by atoms with Gasteiger partial charge >= 0.3 is 5.97 Å². The number of rotatable bonds is 6. The SMILES string of the molecule is CCOC(=O)CSc1nc(C2CC2)cc(-c2ccccc2)c1C#N. The molecule has 0 N–H and O–H groups in total. The van der Waals surface area contributed by atoms with Gasteiger partial charge in [-0.25, -0.2) is 4.98 Å². The summed E-state index contributed by atoms with van der Waals surface area (Å²) >= 11 is 1.28. The first-order valence-electron chi connectivity index (χ1n) is 8.01. The fourth-order valence-corrected chi connectivity index (χ4v) is 3.32. The second kappa shape index (κ2) is 7.50. The highest BCUT2D eigenvalue weighted by Crippen LogP contribution is 2.42. The molecular formula is C19H18N2O2S. The van der Waals surface area contributed by atoms with E-state index in [0.717, 1.165) is 29.7 Å². The van der Waals surface area contributed by atoms with Crippen molar-refractivity contribution < 1.29 is 9.53 Å². The van der Waals surface area contributed by atoms with Gasteiger partial charge in [-0.05, 0) is 31.4 Å². The molecule has 1 fully saturated rings. The van der Waals surface area contributed by atoms with Crippen LogP contribution < -0.4 is 0 Å². The third kappa shape index (κ3) is 3.77. The highest BCUT2D eigenvalue weighted by Gasteiger charge is 2.27. The first-order chi connectivity index (χ1) is 11.7. The van der Waals surface area contributed by atoms with Crippen molar-refractivity contribution in [1.29, 1.82) is 5.26 Å². The number of ether oxygens (including phenoxy) is 1. The van der Waals surface area contributed by atoms with Crippen LogP contribution in [0.3, 0.4) is 0 Å². The van der Waals surface area contributed by atoms with E-state index in [1.807, 2.05) is 36.4 Å². The number of nitriles is 1. The predicted molar refractivity (Wildman–Crippen MR) is 93.7 cm³/mol. The highest BCUT2D eigenvalue weighted by atomic mass is 32.2. The molecule has 4 nitrogen and oxygen atoms in total. The molecule has 1 aliphatic carbocycles. The summed E-state index contributed by atoms with van der Waals surface area (Å²) in [5, 5.41) is 10.3. The fraction of sp³-hybridized carbons (Fsp3) is 0.316. The van der Waals surface area contributed by atoms with Crippen LogP contribution in [0.1, 0.15) is 36.9 Å². The third-order valence-corrected chi connectivity index (χ3v) is 4.78. The zero-order valence-corrected chi connectivity index (χ0v) is 14.3. The van der Waals surface area contributed by atoms with Crippen molar-refractivity contribution in [2.24, 2.45) is 0 Å². The van der Waals surface area contributed by atoms with E-state index in [0.29, 0.717) is 23.1 Å². The average molecular weight is 338 g/mol. The van der Waals surface area contributed by atoms with E-state index in [4.69, 9.17) is 4.74 Å². The van der Waals surface area contributed by atoms with Crippen LogP contribution in [0.25, 0.3) is 11.1 Å². The minimum absolute atomic E-state index is 0.165. The molecule has 24 heavy (non-hydrogen) atoms. The van der Waals surface area contributed by atoms with Crippen LogP contribution in [0.15, 0.2) is 41.4 Å². The zero-order chi connectivity index (χ0) is 16.9. The van der Waals surface area contributed by atoms with E-state index in [2.05, 4.69) is 11.1 Å². The second-order valence-electron chi connectivity index (χ2n) is 5.62. The van der Waals surface area contributed by atoms with Gasteiger partial charge < -0.3 is 4.74 Å². The average Bonchev–Trinajstić information content (AvgIpc) is 3.45. The van der Waals surface area contributed by atoms with Gasteiger partial charge in [-0.3, -0.25) is 4.79 Å². The van der Waals surface area contributed by atoms with Crippen LogP contribution >= 0.6 is 11.8 Å². The maximum atomic E-state index is 11.6. The standard InChI is InChI=1S/C19H18N2O2S/c1-2-23-18(22)12-24-19-16(11-20)15(13-6-4-3-5-7-13)10-17(21-19)14-8-9-14/h3-7,10,14H,2,8-9,12H2,1H3. The van der Waals surface area contributed by atoms with Crippen LogP contribution in [-0.4, -0.2) is 23.3 Å². The molecule has 0 radical (unpaired) electrons. The number of esters is 1. The normalized spacial score (nSPS) is 13.3. The van der Waals surface area contributed by atoms with Gasteiger partial charge in [0.2, 0.25) is 0 Å². The lowest BCUT2D eigenvalue weighted by Crippen LogP contribution is -2.07. The zero-order valence-electron chi connectivity index (χ0n) is 13.5. The molecule has 0 bridgehead atoms. The summed E-state index contributed by atoms with van der Waals surface area (Å²) in [4.78, 5) is 16.3. The van der Waals surface area contributed by atoms with E-state index in [1.54, 1.807) is 6.92 Å². The van der Waals surface area contributed by atoms with Crippen molar-refractivity contribution in [2.45, 2.75) is 30.7 Å². The quantitative estimate of drug-likeness (QED) is 0.585. The molecule has 1 aromatic heterocycles. The van der Waals surface area contributed by atoms with Gasteiger partial charge in [-0.1, -0.05) is 42.1 Å². The smallest absolute Gasteiger partial charge is 0.316 e. The number of benzene rings is 1. The third-order valence-electron chi connectivity index (χ3n) is 3.83. The Bertz CT molecular complexity index is 780. The van der Waals surface area contributed by atoms with Crippen LogP contribution in [-0.2, 0) is 9.53 Å². The van der Waals surface area contributed by atoms with Crippen LogP contribution in [0.2, 0.25) is 0 Å². The molecule has 0 atom stereocenters. The molecule has 0 amide bonds. The molecule has 1 aliphatic rings. The van der Waals surface area contributed by atoms with Gasteiger partial charge in [-0.2, -0.15) is 5.26 Å². The number of hydrogen-bond acceptors (Lipinski definition) is 5. The molecule has 0 aliphatic heterocycles. The van der Waals surface area contributed by atoms with Crippen LogP contribution in [0.4, 0.5) is 0 Å². The Kier molecular flexibility index (Phi) is 5.17. The molecule has 122 valence electrons. The number of carbonyl (C=O) groups is 1. The number of nitrogens with zero attached hydrogens (tertiary/aromatic N) is 2. The van der Waals surface area contributed by atoms with Gasteiger partial charge in [0.15, 0.2) is 0 Å². The molecule has 1 heterocycles. The van der Waals surface area contributed by atoms with Crippen molar-refractivity contribution >= 4 is 17.7 Å². The lowest BCUT2D eigenvalue weighted by molar-refractivity contribution is -0.139. The van der Waals surface area contributed by atoms with Gasteiger partial charge in [-0.15, -0.1) is 0 Å². The Hall–Kier alpha value is -2.32. The Morgan fingerprint density at radius 2 is 2.12 bits per heavy atom. The van der Waals surface area contributed by atoms with E-state index in [-0.39, 0.29) is 11.7 Å². The topological polar surface area (TPSA) is 63.0 Å². The van der Waals surface area contributed by atoms with E-state index < -0.39 is 0 Å². The summed E-state index contributed by atoms with van der Waals surface area (Å²) in [6.07, 6.45) is 2.27. The van der Waals surface area contributed by atoms with Gasteiger partial charge in [0.1, 0.15) is 11.1 Å². The highest BCUT2D eigenvalue weighted by molar-refractivity contribution is 7.99. The lowest BCUT2D eigenvalue weighted by atomic mass is 10.0. The Morgan fingerprint density at radius 3 is 2.75 bits per heavy atom. The molecule has 1 aromatic carbocycles. The summed E-state index contributed by atoms with van der Waals surface area (Å²) in [5.74, 6) is 0.353. The largest absolute Gasteiger partial charge is 0.465 e. The summed E-state index contributed by atoms with van der Waals surface area (Å²) in [6.45, 7) is 2.14. The van der Waals surface area contributed by atoms with Crippen molar-refractivity contribution in [3.05, 3.63) is 47.7 Å². The number of hydrogen-bond donors (Lipinski definition) is 0. The first kappa shape index (κ1) is 16.5. The summed E-state index contributed by atoms with van der Waals surface area (Å²) in [5.41, 5.74) is 3.43. The molecule has 0 saturated heterocycles. The van der Waals surface area contributed by atoms with Gasteiger partial charge in [0, 0.05) is 17.2 Å². The number of pyridine rings is 1. The monoisotopic (exact) mass is 338 g/mol. The fourth-order valence-electron chi connectivity index (χ4n) is 2.52. The Morgan fingerprint density at radius 1 is 1.38 bits per heavy atom. The van der Waals surface area contributed by atoms with Crippen molar-refractivity contribution in [2.75, 3.05) is 12.4 Å². The van der Waals surface area contributed by atoms with Gasteiger partial charge in [0.25, 0.3) is 0 Å². The summed E-state index contributed by atoms with van der Waals surface area (Å²) in [7, 11) is 0. The molecule has 0 unspecified atom stereocenters. The minimum atomic E-state index is -0.286. The molecule has 1 saturated carbocycles. The van der Waals surface area contributed by atoms with Gasteiger partial charge in [0.05, 0.1) is 17.9 Å². The predicted octanol–water partition coefficient (Wildman–Crippen LogP) is 4.15. The van der Waals surface area contributed by atoms with Crippen molar-refractivity contribution in [3.63, 3.8) is 0 Å². The molecule has 3 rings (SSSR count). The molecular weight excluding hydrogens is 320 g/mol. The van der Waals surface area contributed by atoms with Crippen molar-refractivity contribution in [3.8, 4) is 17.2 Å². The Labute approximate surface area is 145 Å². The molecule has 5 heteroatoms. The second-order valence-corrected chi connectivity index (χ2v) is 6.58. The van der Waals surface area contributed by atoms with Crippen LogP contribution in [0.5, 0.6) is 0 Å². The summed E-state index contributed by atoms with van der Waals surface area (Å²) < 4.78 is 4.97. The first-order valence-corrected chi connectivity index (χ1v) is 9.00. The summed E-state index contributed by atoms with van der Waals surface area (Å²) in [6, 6.07) is 14.2. The Balaban J connectivity index is 1.99. The number of thioether (sulfide) groups is 1. The molecule has 0 spiro atoms. The minimum Gasteiger partial charge on any atom is -0.465 e. The number of aromatic nitrogens is 1. The maximum absolute atomic E-state index is 11.6. The molecule has 2 aromatic rings.